The van der Waals surface area contributed by atoms with E-state index in [-0.39, 0.29) is 16.0 Å². The van der Waals surface area contributed by atoms with Gasteiger partial charge in [-0.15, -0.1) is 0 Å². The van der Waals surface area contributed by atoms with Gasteiger partial charge < -0.3 is 0 Å². The molecule has 0 amide bonds. The molecule has 4 nitrogen and oxygen atoms in total. The second kappa shape index (κ2) is 6.57. The molecule has 0 N–H and O–H groups in total. The van der Waals surface area contributed by atoms with Gasteiger partial charge in [0.2, 0.25) is 10.0 Å². The Morgan fingerprint density at radius 3 is 2.40 bits per heavy atom. The van der Waals surface area contributed by atoms with Gasteiger partial charge in [-0.25, -0.2) is 8.42 Å². The van der Waals surface area contributed by atoms with Crippen molar-refractivity contribution < 1.29 is 8.42 Å². The molecule has 0 heterocycles. The molecule has 110 valence electrons. The lowest BCUT2D eigenvalue weighted by Gasteiger charge is -2.26. The summed E-state index contributed by atoms with van der Waals surface area (Å²) in [6.07, 6.45) is 0.767. The third kappa shape index (κ3) is 3.72. The number of hydrogen-bond acceptors (Lipinski definition) is 3. The van der Waals surface area contributed by atoms with E-state index in [1.54, 1.807) is 7.05 Å². The van der Waals surface area contributed by atoms with Crippen molar-refractivity contribution in [3.63, 3.8) is 0 Å². The van der Waals surface area contributed by atoms with Crippen LogP contribution < -0.4 is 0 Å². The summed E-state index contributed by atoms with van der Waals surface area (Å²) in [6, 6.07) is 6.03. The van der Waals surface area contributed by atoms with Crippen LogP contribution in [0.3, 0.4) is 0 Å². The summed E-state index contributed by atoms with van der Waals surface area (Å²) < 4.78 is 26.4. The topological polar surface area (TPSA) is 61.2 Å². The van der Waals surface area contributed by atoms with E-state index in [9.17, 15) is 8.42 Å². The highest BCUT2D eigenvalue weighted by Gasteiger charge is 2.27. The van der Waals surface area contributed by atoms with E-state index in [1.807, 2.05) is 26.8 Å². The van der Waals surface area contributed by atoms with Crippen LogP contribution >= 0.6 is 11.6 Å². The van der Waals surface area contributed by atoms with Crippen molar-refractivity contribution in [3.8, 4) is 6.07 Å². The second-order valence-corrected chi connectivity index (χ2v) is 7.63. The van der Waals surface area contributed by atoms with Crippen molar-refractivity contribution in [3.05, 3.63) is 28.8 Å². The molecule has 1 rings (SSSR count). The van der Waals surface area contributed by atoms with Crippen LogP contribution in [0.1, 0.15) is 32.8 Å². The first-order valence-corrected chi connectivity index (χ1v) is 8.19. The minimum absolute atomic E-state index is 0.0382. The lowest BCUT2D eigenvalue weighted by Crippen LogP contribution is -2.36. The summed E-state index contributed by atoms with van der Waals surface area (Å²) >= 11 is 5.99. The molecular weight excluding hydrogens is 296 g/mol. The van der Waals surface area contributed by atoms with Crippen LogP contribution in [-0.2, 0) is 10.0 Å². The smallest absolute Gasteiger partial charge is 0.207 e. The summed E-state index contributed by atoms with van der Waals surface area (Å²) in [6.45, 7) is 5.96. The van der Waals surface area contributed by atoms with Crippen molar-refractivity contribution in [1.82, 2.24) is 4.31 Å². The first kappa shape index (κ1) is 17.0. The Balaban J connectivity index is 3.14. The summed E-state index contributed by atoms with van der Waals surface area (Å²) in [5, 5.41) is 8.86. The average molecular weight is 315 g/mol. The molecule has 0 aliphatic rings. The van der Waals surface area contributed by atoms with Crippen LogP contribution in [0.5, 0.6) is 0 Å². The van der Waals surface area contributed by atoms with E-state index < -0.39 is 10.0 Å². The standard InChI is InChI=1S/C14H19ClN2O2S/c1-10(2)7-11(3)17(4)20(18,19)14-6-5-12(9-16)8-13(14)15/h5-6,8,10-11H,7H2,1-4H3. The predicted octanol–water partition coefficient (Wildman–Crippen LogP) is 3.27. The van der Waals surface area contributed by atoms with Gasteiger partial charge in [0.1, 0.15) is 4.90 Å². The fourth-order valence-corrected chi connectivity index (χ4v) is 3.89. The highest BCUT2D eigenvalue weighted by Crippen LogP contribution is 2.27. The number of rotatable bonds is 5. The maximum absolute atomic E-state index is 12.5. The van der Waals surface area contributed by atoms with Crippen molar-refractivity contribution >= 4 is 21.6 Å². The number of nitrogens with zero attached hydrogens (tertiary/aromatic N) is 2. The molecule has 0 fully saturated rings. The SMILES string of the molecule is CC(C)CC(C)N(C)S(=O)(=O)c1ccc(C#N)cc1Cl. The van der Waals surface area contributed by atoms with Gasteiger partial charge >= 0.3 is 0 Å². The predicted molar refractivity (Wildman–Crippen MR) is 80.0 cm³/mol. The zero-order valence-corrected chi connectivity index (χ0v) is 13.7. The number of hydrogen-bond donors (Lipinski definition) is 0. The second-order valence-electron chi connectivity index (χ2n) is 5.26. The molecule has 1 aromatic carbocycles. The third-order valence-electron chi connectivity index (χ3n) is 3.15. The van der Waals surface area contributed by atoms with Crippen LogP contribution in [0, 0.1) is 17.2 Å². The summed E-state index contributed by atoms with van der Waals surface area (Å²) in [5.74, 6) is 0.402. The fourth-order valence-electron chi connectivity index (χ4n) is 2.00. The molecule has 0 aromatic heterocycles. The van der Waals surface area contributed by atoms with E-state index in [0.717, 1.165) is 6.42 Å². The molecule has 1 unspecified atom stereocenters. The Labute approximate surface area is 126 Å². The molecular formula is C14H19ClN2O2S. The van der Waals surface area contributed by atoms with E-state index in [4.69, 9.17) is 16.9 Å². The largest absolute Gasteiger partial charge is 0.244 e. The van der Waals surface area contributed by atoms with E-state index in [2.05, 4.69) is 0 Å². The molecule has 0 spiro atoms. The number of benzene rings is 1. The van der Waals surface area contributed by atoms with Gasteiger partial charge in [-0.3, -0.25) is 0 Å². The van der Waals surface area contributed by atoms with Crippen LogP contribution in [0.25, 0.3) is 0 Å². The molecule has 1 aromatic rings. The zero-order chi connectivity index (χ0) is 15.5. The van der Waals surface area contributed by atoms with Crippen molar-refractivity contribution in [2.24, 2.45) is 5.92 Å². The Morgan fingerprint density at radius 2 is 1.95 bits per heavy atom. The van der Waals surface area contributed by atoms with Crippen molar-refractivity contribution in [2.45, 2.75) is 38.1 Å². The highest BCUT2D eigenvalue weighted by molar-refractivity contribution is 7.89. The third-order valence-corrected chi connectivity index (χ3v) is 5.61. The normalized spacial score (nSPS) is 13.5. The lowest BCUT2D eigenvalue weighted by molar-refractivity contribution is 0.338. The minimum atomic E-state index is -3.65. The van der Waals surface area contributed by atoms with Crippen LogP contribution in [0.4, 0.5) is 0 Å². The number of nitriles is 1. The van der Waals surface area contributed by atoms with E-state index in [0.29, 0.717) is 11.5 Å². The van der Waals surface area contributed by atoms with Gasteiger partial charge in [0.25, 0.3) is 0 Å². The molecule has 0 bridgehead atoms. The molecule has 1 atom stereocenters. The number of halogens is 1. The fraction of sp³-hybridized carbons (Fsp3) is 0.500. The average Bonchev–Trinajstić information content (AvgIpc) is 2.36. The van der Waals surface area contributed by atoms with Gasteiger partial charge in [-0.2, -0.15) is 9.57 Å². The van der Waals surface area contributed by atoms with Gasteiger partial charge in [0, 0.05) is 13.1 Å². The van der Waals surface area contributed by atoms with E-state index in [1.165, 1.54) is 22.5 Å². The molecule has 20 heavy (non-hydrogen) atoms. The molecule has 0 aliphatic carbocycles. The van der Waals surface area contributed by atoms with Gasteiger partial charge in [-0.05, 0) is 37.5 Å². The maximum atomic E-state index is 12.5. The van der Waals surface area contributed by atoms with Gasteiger partial charge in [-0.1, -0.05) is 25.4 Å². The van der Waals surface area contributed by atoms with E-state index >= 15 is 0 Å². The summed E-state index contributed by atoms with van der Waals surface area (Å²) in [4.78, 5) is 0.0382. The molecule has 0 aliphatic heterocycles. The minimum Gasteiger partial charge on any atom is -0.207 e. The van der Waals surface area contributed by atoms with Crippen LogP contribution in [-0.4, -0.2) is 25.8 Å². The molecule has 0 saturated carbocycles. The highest BCUT2D eigenvalue weighted by atomic mass is 35.5. The summed E-state index contributed by atoms with van der Waals surface area (Å²) in [7, 11) is -2.10. The molecule has 6 heteroatoms. The Bertz CT molecular complexity index is 621. The number of sulfonamides is 1. The zero-order valence-electron chi connectivity index (χ0n) is 12.1. The lowest BCUT2D eigenvalue weighted by atomic mass is 10.1. The Hall–Kier alpha value is -1.09. The van der Waals surface area contributed by atoms with Gasteiger partial charge in [0.05, 0.1) is 16.7 Å². The van der Waals surface area contributed by atoms with Gasteiger partial charge in [0.15, 0.2) is 0 Å². The quantitative estimate of drug-likeness (QED) is 0.838. The monoisotopic (exact) mass is 314 g/mol. The molecule has 0 saturated heterocycles. The van der Waals surface area contributed by atoms with Crippen molar-refractivity contribution in [2.75, 3.05) is 7.05 Å². The first-order chi connectivity index (χ1) is 9.20. The van der Waals surface area contributed by atoms with Crippen molar-refractivity contribution in [1.29, 1.82) is 5.26 Å². The molecule has 0 radical (unpaired) electrons. The Kier molecular flexibility index (Phi) is 5.58. The first-order valence-electron chi connectivity index (χ1n) is 6.37. The van der Waals surface area contributed by atoms with Crippen LogP contribution in [0.15, 0.2) is 23.1 Å². The summed E-state index contributed by atoms with van der Waals surface area (Å²) in [5.41, 5.74) is 0.340. The van der Waals surface area contributed by atoms with Crippen LogP contribution in [0.2, 0.25) is 5.02 Å². The maximum Gasteiger partial charge on any atom is 0.244 e. The Morgan fingerprint density at radius 1 is 1.35 bits per heavy atom.